The molecular formula is C30H37N3S. The number of benzene rings is 2. The first-order valence-corrected chi connectivity index (χ1v) is 12.8. The molecule has 3 nitrogen and oxygen atoms in total. The minimum Gasteiger partial charge on any atom is -0.349 e. The van der Waals surface area contributed by atoms with E-state index in [2.05, 4.69) is 93.9 Å². The van der Waals surface area contributed by atoms with Crippen molar-refractivity contribution >= 4 is 17.5 Å². The van der Waals surface area contributed by atoms with Crippen molar-refractivity contribution in [3.8, 4) is 11.1 Å². The van der Waals surface area contributed by atoms with Crippen molar-refractivity contribution in [1.29, 1.82) is 0 Å². The van der Waals surface area contributed by atoms with Crippen LogP contribution in [0, 0.1) is 0 Å². The number of hydrogen-bond donors (Lipinski definition) is 1. The van der Waals surface area contributed by atoms with Gasteiger partial charge in [-0.15, -0.1) is 18.3 Å². The van der Waals surface area contributed by atoms with E-state index in [4.69, 9.17) is 10.7 Å². The lowest BCUT2D eigenvalue weighted by atomic mass is 9.94. The van der Waals surface area contributed by atoms with E-state index in [-0.39, 0.29) is 12.2 Å². The summed E-state index contributed by atoms with van der Waals surface area (Å²) in [5.41, 5.74) is 15.5. The molecule has 2 atom stereocenters. The lowest BCUT2D eigenvalue weighted by Crippen LogP contribution is -2.48. The van der Waals surface area contributed by atoms with Gasteiger partial charge in [-0.05, 0) is 66.4 Å². The van der Waals surface area contributed by atoms with Gasteiger partial charge in [0, 0.05) is 11.3 Å². The highest BCUT2D eigenvalue weighted by molar-refractivity contribution is 8.03. The van der Waals surface area contributed by atoms with Crippen LogP contribution in [-0.4, -0.2) is 28.7 Å². The number of nitrogens with two attached hydrogens (primary N) is 1. The molecule has 2 aromatic rings. The molecule has 0 spiro atoms. The maximum atomic E-state index is 6.74. The largest absolute Gasteiger partial charge is 0.349 e. The van der Waals surface area contributed by atoms with Crippen LogP contribution < -0.4 is 5.73 Å². The van der Waals surface area contributed by atoms with Gasteiger partial charge in [0.2, 0.25) is 0 Å². The zero-order valence-corrected chi connectivity index (χ0v) is 21.8. The topological polar surface area (TPSA) is 41.6 Å². The average Bonchev–Trinajstić information content (AvgIpc) is 2.85. The summed E-state index contributed by atoms with van der Waals surface area (Å²) < 4.78 is 0. The molecule has 0 fully saturated rings. The molecule has 34 heavy (non-hydrogen) atoms. The van der Waals surface area contributed by atoms with Crippen molar-refractivity contribution in [2.75, 3.05) is 5.88 Å². The van der Waals surface area contributed by atoms with Crippen LogP contribution in [0.2, 0.25) is 0 Å². The van der Waals surface area contributed by atoms with Gasteiger partial charge in [0.1, 0.15) is 6.17 Å². The van der Waals surface area contributed by atoms with Crippen LogP contribution in [0.1, 0.15) is 45.2 Å². The second-order valence-electron chi connectivity index (χ2n) is 8.83. The first-order valence-electron chi connectivity index (χ1n) is 11.8. The highest BCUT2D eigenvalue weighted by Crippen LogP contribution is 2.31. The number of allylic oxidation sites excluding steroid dienone is 4. The lowest BCUT2D eigenvalue weighted by Gasteiger charge is -2.35. The smallest absolute Gasteiger partial charge is 0.101 e. The molecule has 2 unspecified atom stereocenters. The predicted molar refractivity (Wildman–Crippen MR) is 151 cm³/mol. The van der Waals surface area contributed by atoms with E-state index in [0.717, 1.165) is 40.4 Å². The summed E-state index contributed by atoms with van der Waals surface area (Å²) in [6.07, 6.45) is 3.29. The number of aryl methyl sites for hydroxylation is 1. The van der Waals surface area contributed by atoms with E-state index in [0.29, 0.717) is 6.42 Å². The zero-order chi connectivity index (χ0) is 24.8. The van der Waals surface area contributed by atoms with Crippen molar-refractivity contribution in [2.45, 2.75) is 52.7 Å². The first-order chi connectivity index (χ1) is 16.3. The van der Waals surface area contributed by atoms with Crippen LogP contribution in [0.5, 0.6) is 0 Å². The van der Waals surface area contributed by atoms with Crippen molar-refractivity contribution in [3.05, 3.63) is 107 Å². The fraction of sp³-hybridized carbons (Fsp3) is 0.300. The van der Waals surface area contributed by atoms with E-state index in [1.54, 1.807) is 11.8 Å². The van der Waals surface area contributed by atoms with E-state index in [9.17, 15) is 0 Å². The summed E-state index contributed by atoms with van der Waals surface area (Å²) >= 11 is 1.77. The van der Waals surface area contributed by atoms with Crippen LogP contribution >= 0.6 is 11.8 Å². The molecule has 2 aromatic carbocycles. The molecule has 3 rings (SSSR count). The molecule has 178 valence electrons. The molecule has 0 bridgehead atoms. The summed E-state index contributed by atoms with van der Waals surface area (Å²) in [5, 5.41) is 0. The van der Waals surface area contributed by atoms with Gasteiger partial charge in [0.25, 0.3) is 0 Å². The third-order valence-corrected chi connectivity index (χ3v) is 7.61. The van der Waals surface area contributed by atoms with E-state index >= 15 is 0 Å². The Labute approximate surface area is 209 Å². The van der Waals surface area contributed by atoms with Crippen LogP contribution in [-0.2, 0) is 6.42 Å². The summed E-state index contributed by atoms with van der Waals surface area (Å²) in [6, 6.07) is 17.2. The third-order valence-electron chi connectivity index (χ3n) is 6.46. The monoisotopic (exact) mass is 471 g/mol. The highest BCUT2D eigenvalue weighted by atomic mass is 32.2. The normalized spacial score (nSPS) is 23.3. The van der Waals surface area contributed by atoms with Gasteiger partial charge in [-0.1, -0.05) is 74.7 Å². The van der Waals surface area contributed by atoms with Crippen molar-refractivity contribution in [1.82, 2.24) is 4.90 Å². The zero-order valence-electron chi connectivity index (χ0n) is 21.0. The number of thioether (sulfide) groups is 1. The van der Waals surface area contributed by atoms with Gasteiger partial charge in [-0.2, -0.15) is 0 Å². The standard InChI is InChI=1S/C30H37N3S/c1-8-11-28-30(31)33(20(3)4)19-34-23(7)21(5)22(6)29(32-28)26-16-14-25(15-17-26)27-13-10-12-24(9-2)18-27/h8,10,12-18,28,30H,1,3,6,9,11,19,31H2,2,4-5,7H3/b23-21-,32-29+. The maximum absolute atomic E-state index is 6.74. The molecule has 0 aliphatic carbocycles. The minimum atomic E-state index is -0.298. The number of aliphatic imine (C=N–C) groups is 1. The lowest BCUT2D eigenvalue weighted by molar-refractivity contribution is 0.261. The molecule has 1 aliphatic rings. The fourth-order valence-electron chi connectivity index (χ4n) is 4.05. The molecule has 0 amide bonds. The second-order valence-corrected chi connectivity index (χ2v) is 9.99. The Balaban J connectivity index is 2.09. The third kappa shape index (κ3) is 5.81. The van der Waals surface area contributed by atoms with Crippen molar-refractivity contribution < 1.29 is 0 Å². The summed E-state index contributed by atoms with van der Waals surface area (Å²) in [4.78, 5) is 8.55. The Morgan fingerprint density at radius 1 is 1.15 bits per heavy atom. The van der Waals surface area contributed by atoms with Crippen LogP contribution in [0.25, 0.3) is 11.1 Å². The quantitative estimate of drug-likeness (QED) is 0.449. The Hall–Kier alpha value is -2.82. The van der Waals surface area contributed by atoms with Crippen molar-refractivity contribution in [2.24, 2.45) is 10.7 Å². The Bertz CT molecular complexity index is 1120. The average molecular weight is 472 g/mol. The molecule has 2 N–H and O–H groups in total. The molecule has 1 aliphatic heterocycles. The molecule has 0 saturated carbocycles. The Morgan fingerprint density at radius 3 is 2.44 bits per heavy atom. The van der Waals surface area contributed by atoms with Crippen LogP contribution in [0.15, 0.2) is 101 Å². The summed E-state index contributed by atoms with van der Waals surface area (Å²) in [5.74, 6) is 0.733. The maximum Gasteiger partial charge on any atom is 0.101 e. The summed E-state index contributed by atoms with van der Waals surface area (Å²) in [7, 11) is 0. The fourth-order valence-corrected chi connectivity index (χ4v) is 5.11. The van der Waals surface area contributed by atoms with Gasteiger partial charge < -0.3 is 10.6 Å². The number of nitrogens with zero attached hydrogens (tertiary/aromatic N) is 2. The Morgan fingerprint density at radius 2 is 1.82 bits per heavy atom. The SMILES string of the molecule is C=CCC1/N=C(/c2ccc(-c3cccc(CC)c3)cc2)C(=C)/C(C)=C(/C)SCN(C(=C)C)C1N. The molecule has 4 heteroatoms. The second kappa shape index (κ2) is 11.5. The number of hydrogen-bond acceptors (Lipinski definition) is 4. The first kappa shape index (κ1) is 25.8. The van der Waals surface area contributed by atoms with Gasteiger partial charge in [-0.25, -0.2) is 0 Å². The minimum absolute atomic E-state index is 0.159. The molecule has 0 radical (unpaired) electrons. The van der Waals surface area contributed by atoms with E-state index < -0.39 is 0 Å². The highest BCUT2D eigenvalue weighted by Gasteiger charge is 2.26. The van der Waals surface area contributed by atoms with E-state index in [1.165, 1.54) is 21.6 Å². The van der Waals surface area contributed by atoms with Gasteiger partial charge in [-0.3, -0.25) is 4.99 Å². The van der Waals surface area contributed by atoms with Gasteiger partial charge >= 0.3 is 0 Å². The molecule has 1 heterocycles. The van der Waals surface area contributed by atoms with Crippen LogP contribution in [0.4, 0.5) is 0 Å². The summed E-state index contributed by atoms with van der Waals surface area (Å²) in [6.45, 7) is 21.0. The van der Waals surface area contributed by atoms with Gasteiger partial charge in [0.05, 0.1) is 17.6 Å². The number of rotatable bonds is 6. The molecular weight excluding hydrogens is 434 g/mol. The predicted octanol–water partition coefficient (Wildman–Crippen LogP) is 7.32. The molecule has 0 saturated heterocycles. The van der Waals surface area contributed by atoms with E-state index in [1.807, 2.05) is 13.0 Å². The van der Waals surface area contributed by atoms with Crippen molar-refractivity contribution in [3.63, 3.8) is 0 Å². The van der Waals surface area contributed by atoms with Gasteiger partial charge in [0.15, 0.2) is 0 Å². The molecule has 0 aromatic heterocycles. The van der Waals surface area contributed by atoms with Crippen LogP contribution in [0.3, 0.4) is 0 Å². The Kier molecular flexibility index (Phi) is 8.76.